The van der Waals surface area contributed by atoms with Crippen molar-refractivity contribution in [3.63, 3.8) is 0 Å². The van der Waals surface area contributed by atoms with E-state index in [-0.39, 0.29) is 17.8 Å². The van der Waals surface area contributed by atoms with E-state index in [0.29, 0.717) is 17.0 Å². The summed E-state index contributed by atoms with van der Waals surface area (Å²) >= 11 is 5.89. The molecule has 5 nitrogen and oxygen atoms in total. The molecule has 0 aliphatic heterocycles. The van der Waals surface area contributed by atoms with Gasteiger partial charge in [0.05, 0.1) is 17.1 Å². The second-order valence-electron chi connectivity index (χ2n) is 6.73. The van der Waals surface area contributed by atoms with Crippen LogP contribution in [0.5, 0.6) is 0 Å². The first-order valence-corrected chi connectivity index (χ1v) is 10.6. The van der Waals surface area contributed by atoms with E-state index in [2.05, 4.69) is 5.32 Å². The van der Waals surface area contributed by atoms with Gasteiger partial charge < -0.3 is 10.1 Å². The van der Waals surface area contributed by atoms with Gasteiger partial charge in [0.25, 0.3) is 0 Å². The van der Waals surface area contributed by atoms with Crippen LogP contribution in [0.3, 0.4) is 0 Å². The molecule has 1 aromatic rings. The summed E-state index contributed by atoms with van der Waals surface area (Å²) in [6, 6.07) is 6.33. The van der Waals surface area contributed by atoms with Gasteiger partial charge in [0.1, 0.15) is 0 Å². The van der Waals surface area contributed by atoms with Gasteiger partial charge in [-0.2, -0.15) is 0 Å². The highest BCUT2D eigenvalue weighted by Crippen LogP contribution is 2.28. The fourth-order valence-electron chi connectivity index (χ4n) is 2.54. The normalized spacial score (nSPS) is 14.4. The SMILES string of the molecule is CCC(c1ccc(Cl)cc1)S(=O)(=O)CC(NC(=O)OC(C)C)C(C)C. The molecule has 25 heavy (non-hydrogen) atoms. The quantitative estimate of drug-likeness (QED) is 0.716. The number of carbonyl (C=O) groups is 1. The summed E-state index contributed by atoms with van der Waals surface area (Å²) in [5, 5.41) is 2.62. The third-order valence-electron chi connectivity index (χ3n) is 3.91. The van der Waals surface area contributed by atoms with Crippen molar-refractivity contribution in [1.29, 1.82) is 0 Å². The number of carbonyl (C=O) groups excluding carboxylic acids is 1. The van der Waals surface area contributed by atoms with Crippen LogP contribution in [-0.4, -0.2) is 32.4 Å². The van der Waals surface area contributed by atoms with Crippen LogP contribution in [0.2, 0.25) is 5.02 Å². The van der Waals surface area contributed by atoms with Gasteiger partial charge in [-0.25, -0.2) is 13.2 Å². The number of sulfone groups is 1. The van der Waals surface area contributed by atoms with Gasteiger partial charge in [-0.05, 0) is 43.9 Å². The van der Waals surface area contributed by atoms with Crippen LogP contribution in [-0.2, 0) is 14.6 Å². The highest BCUT2D eigenvalue weighted by Gasteiger charge is 2.31. The van der Waals surface area contributed by atoms with Gasteiger partial charge >= 0.3 is 6.09 Å². The minimum Gasteiger partial charge on any atom is -0.447 e. The number of amides is 1. The summed E-state index contributed by atoms with van der Waals surface area (Å²) in [7, 11) is -3.47. The van der Waals surface area contributed by atoms with E-state index in [0.717, 1.165) is 0 Å². The van der Waals surface area contributed by atoms with E-state index >= 15 is 0 Å². The monoisotopic (exact) mass is 389 g/mol. The molecule has 2 atom stereocenters. The summed E-state index contributed by atoms with van der Waals surface area (Å²) < 4.78 is 31.0. The molecule has 2 unspecified atom stereocenters. The Hall–Kier alpha value is -1.27. The van der Waals surface area contributed by atoms with E-state index in [1.165, 1.54) is 0 Å². The van der Waals surface area contributed by atoms with Crippen LogP contribution in [0.15, 0.2) is 24.3 Å². The molecule has 0 aliphatic rings. The van der Waals surface area contributed by atoms with E-state index in [4.69, 9.17) is 16.3 Å². The maximum Gasteiger partial charge on any atom is 0.407 e. The zero-order chi connectivity index (χ0) is 19.2. The van der Waals surface area contributed by atoms with Crippen LogP contribution in [0, 0.1) is 5.92 Å². The molecule has 0 bridgehead atoms. The number of benzene rings is 1. The van der Waals surface area contributed by atoms with Crippen LogP contribution in [0.4, 0.5) is 4.79 Å². The summed E-state index contributed by atoms with van der Waals surface area (Å²) in [5.74, 6) is -0.184. The van der Waals surface area contributed by atoms with E-state index in [1.54, 1.807) is 38.1 Å². The zero-order valence-electron chi connectivity index (χ0n) is 15.5. The number of ether oxygens (including phenoxy) is 1. The standard InChI is InChI=1S/C18H28ClNO4S/c1-6-17(14-7-9-15(19)10-8-14)25(22,23)11-16(12(2)3)20-18(21)24-13(4)5/h7-10,12-13,16-17H,6,11H2,1-5H3,(H,20,21). The Morgan fingerprint density at radius 1 is 1.16 bits per heavy atom. The Bertz CT molecular complexity index is 656. The molecule has 0 fully saturated rings. The summed E-state index contributed by atoms with van der Waals surface area (Å²) in [5.41, 5.74) is 0.708. The predicted octanol–water partition coefficient (Wildman–Crippen LogP) is 4.37. The molecule has 1 rings (SSSR count). The van der Waals surface area contributed by atoms with Crippen molar-refractivity contribution >= 4 is 27.5 Å². The highest BCUT2D eigenvalue weighted by molar-refractivity contribution is 7.91. The molecular weight excluding hydrogens is 362 g/mol. The minimum absolute atomic E-state index is 0.0442. The average Bonchev–Trinajstić information content (AvgIpc) is 2.47. The van der Waals surface area contributed by atoms with Crippen molar-refractivity contribution in [2.75, 3.05) is 5.75 Å². The van der Waals surface area contributed by atoms with Crippen molar-refractivity contribution in [3.05, 3.63) is 34.9 Å². The van der Waals surface area contributed by atoms with E-state index in [1.807, 2.05) is 20.8 Å². The number of alkyl carbamates (subject to hydrolysis) is 1. The maximum absolute atomic E-state index is 12.9. The van der Waals surface area contributed by atoms with Crippen molar-refractivity contribution in [3.8, 4) is 0 Å². The fourth-order valence-corrected chi connectivity index (χ4v) is 4.95. The predicted molar refractivity (Wildman–Crippen MR) is 102 cm³/mol. The van der Waals surface area contributed by atoms with E-state index in [9.17, 15) is 13.2 Å². The number of hydrogen-bond donors (Lipinski definition) is 1. The molecular formula is C18H28ClNO4S. The maximum atomic E-state index is 12.9. The molecule has 0 radical (unpaired) electrons. The lowest BCUT2D eigenvalue weighted by molar-refractivity contribution is 0.111. The second kappa shape index (κ2) is 9.43. The Balaban J connectivity index is 2.96. The Kier molecular flexibility index (Phi) is 8.22. The van der Waals surface area contributed by atoms with Crippen molar-refractivity contribution in [1.82, 2.24) is 5.32 Å². The van der Waals surface area contributed by atoms with Crippen LogP contribution < -0.4 is 5.32 Å². The lowest BCUT2D eigenvalue weighted by Crippen LogP contribution is -2.44. The molecule has 1 aromatic carbocycles. The number of hydrogen-bond acceptors (Lipinski definition) is 4. The third-order valence-corrected chi connectivity index (χ3v) is 6.46. The smallest absolute Gasteiger partial charge is 0.407 e. The van der Waals surface area contributed by atoms with Gasteiger partial charge in [0, 0.05) is 11.1 Å². The van der Waals surface area contributed by atoms with Crippen LogP contribution in [0.25, 0.3) is 0 Å². The summed E-state index contributed by atoms with van der Waals surface area (Å²) in [6.07, 6.45) is -0.407. The lowest BCUT2D eigenvalue weighted by Gasteiger charge is -2.25. The first kappa shape index (κ1) is 21.8. The number of nitrogens with one attached hydrogen (secondary N) is 1. The molecule has 0 saturated carbocycles. The van der Waals surface area contributed by atoms with Gasteiger partial charge in [0.2, 0.25) is 0 Å². The van der Waals surface area contributed by atoms with Gasteiger partial charge in [0.15, 0.2) is 9.84 Å². The molecule has 1 N–H and O–H groups in total. The second-order valence-corrected chi connectivity index (χ2v) is 9.39. The Morgan fingerprint density at radius 2 is 1.72 bits per heavy atom. The molecule has 1 amide bonds. The number of halogens is 1. The van der Waals surface area contributed by atoms with Crippen molar-refractivity contribution in [2.45, 2.75) is 58.4 Å². The van der Waals surface area contributed by atoms with Gasteiger partial charge in [-0.15, -0.1) is 0 Å². The first-order chi connectivity index (χ1) is 11.6. The average molecular weight is 390 g/mol. The molecule has 0 heterocycles. The lowest BCUT2D eigenvalue weighted by atomic mass is 10.1. The van der Waals surface area contributed by atoms with Crippen molar-refractivity contribution < 1.29 is 17.9 Å². The summed E-state index contributed by atoms with van der Waals surface area (Å²) in [4.78, 5) is 11.9. The fraction of sp³-hybridized carbons (Fsp3) is 0.611. The van der Waals surface area contributed by atoms with Gasteiger partial charge in [-0.1, -0.05) is 44.5 Å². The van der Waals surface area contributed by atoms with E-state index < -0.39 is 27.2 Å². The largest absolute Gasteiger partial charge is 0.447 e. The highest BCUT2D eigenvalue weighted by atomic mass is 35.5. The third kappa shape index (κ3) is 6.86. The van der Waals surface area contributed by atoms with Crippen molar-refractivity contribution in [2.24, 2.45) is 5.92 Å². The molecule has 7 heteroatoms. The molecule has 142 valence electrons. The topological polar surface area (TPSA) is 72.5 Å². The molecule has 0 saturated heterocycles. The summed E-state index contributed by atoms with van der Waals surface area (Å²) in [6.45, 7) is 9.07. The Labute approximate surface area is 156 Å². The van der Waals surface area contributed by atoms with Crippen LogP contribution >= 0.6 is 11.6 Å². The zero-order valence-corrected chi connectivity index (χ0v) is 17.0. The molecule has 0 spiro atoms. The number of rotatable bonds is 8. The molecule has 0 aromatic heterocycles. The minimum atomic E-state index is -3.47. The van der Waals surface area contributed by atoms with Crippen LogP contribution in [0.1, 0.15) is 51.9 Å². The first-order valence-electron chi connectivity index (χ1n) is 8.51. The Morgan fingerprint density at radius 3 is 2.16 bits per heavy atom. The van der Waals surface area contributed by atoms with Gasteiger partial charge in [-0.3, -0.25) is 0 Å². The molecule has 0 aliphatic carbocycles.